The van der Waals surface area contributed by atoms with Gasteiger partial charge in [0.05, 0.1) is 0 Å². The second kappa shape index (κ2) is 6.48. The van der Waals surface area contributed by atoms with Crippen LogP contribution in [0.5, 0.6) is 0 Å². The lowest BCUT2D eigenvalue weighted by atomic mass is 9.89. The zero-order chi connectivity index (χ0) is 14.7. The summed E-state index contributed by atoms with van der Waals surface area (Å²) in [6.07, 6.45) is 7.06. The highest BCUT2D eigenvalue weighted by molar-refractivity contribution is 5.86. The molecule has 112 valence electrons. The quantitative estimate of drug-likeness (QED) is 0.840. The molecule has 0 spiro atoms. The lowest BCUT2D eigenvalue weighted by Gasteiger charge is -2.27. The molecule has 2 aromatic carbocycles. The lowest BCUT2D eigenvalue weighted by Crippen LogP contribution is -2.27. The summed E-state index contributed by atoms with van der Waals surface area (Å²) in [4.78, 5) is 2.44. The normalized spacial score (nSPS) is 16.7. The molecule has 1 saturated carbocycles. The van der Waals surface area contributed by atoms with Gasteiger partial charge in [0.1, 0.15) is 0 Å². The SMILES string of the molecule is CN(Cc1cc2ccccc2cc1N)CC1CCCCC1. The van der Waals surface area contributed by atoms with E-state index in [9.17, 15) is 0 Å². The van der Waals surface area contributed by atoms with Crippen molar-refractivity contribution in [1.82, 2.24) is 4.90 Å². The molecule has 0 amide bonds. The largest absolute Gasteiger partial charge is 0.398 e. The third-order valence-electron chi connectivity index (χ3n) is 4.74. The zero-order valence-corrected chi connectivity index (χ0v) is 13.0. The number of fused-ring (bicyclic) bond motifs is 1. The first-order valence-corrected chi connectivity index (χ1v) is 8.18. The first-order chi connectivity index (χ1) is 10.2. The molecule has 3 rings (SSSR count). The molecule has 1 aliphatic carbocycles. The number of nitrogens with two attached hydrogens (primary N) is 1. The second-order valence-corrected chi connectivity index (χ2v) is 6.60. The predicted octanol–water partition coefficient (Wildman–Crippen LogP) is 4.43. The molecule has 0 saturated heterocycles. The Morgan fingerprint density at radius 3 is 2.43 bits per heavy atom. The highest BCUT2D eigenvalue weighted by Crippen LogP contribution is 2.26. The smallest absolute Gasteiger partial charge is 0.0366 e. The molecule has 0 unspecified atom stereocenters. The van der Waals surface area contributed by atoms with E-state index in [0.29, 0.717) is 0 Å². The second-order valence-electron chi connectivity index (χ2n) is 6.60. The van der Waals surface area contributed by atoms with Gasteiger partial charge in [-0.3, -0.25) is 0 Å². The minimum Gasteiger partial charge on any atom is -0.398 e. The molecule has 2 nitrogen and oxygen atoms in total. The maximum Gasteiger partial charge on any atom is 0.0366 e. The monoisotopic (exact) mass is 282 g/mol. The average molecular weight is 282 g/mol. The van der Waals surface area contributed by atoms with Crippen molar-refractivity contribution in [3.8, 4) is 0 Å². The Bertz CT molecular complexity index is 600. The van der Waals surface area contributed by atoms with Gasteiger partial charge in [0.15, 0.2) is 0 Å². The van der Waals surface area contributed by atoms with Crippen LogP contribution in [0.4, 0.5) is 5.69 Å². The summed E-state index contributed by atoms with van der Waals surface area (Å²) in [7, 11) is 2.23. The van der Waals surface area contributed by atoms with E-state index in [4.69, 9.17) is 5.73 Å². The first kappa shape index (κ1) is 14.4. The van der Waals surface area contributed by atoms with Crippen LogP contribution in [0, 0.1) is 5.92 Å². The van der Waals surface area contributed by atoms with Gasteiger partial charge in [-0.25, -0.2) is 0 Å². The minimum atomic E-state index is 0.880. The molecule has 1 aliphatic rings. The number of anilines is 1. The Kier molecular flexibility index (Phi) is 4.45. The van der Waals surface area contributed by atoms with Crippen molar-refractivity contribution in [2.45, 2.75) is 38.6 Å². The average Bonchev–Trinajstić information content (AvgIpc) is 2.49. The Morgan fingerprint density at radius 2 is 1.71 bits per heavy atom. The first-order valence-electron chi connectivity index (χ1n) is 8.18. The minimum absolute atomic E-state index is 0.880. The standard InChI is InChI=1S/C19H26N2/c1-21(13-15-7-3-2-4-8-15)14-18-11-16-9-5-6-10-17(16)12-19(18)20/h5-6,9-12,15H,2-4,7-8,13-14,20H2,1H3. The van der Waals surface area contributed by atoms with Crippen molar-refractivity contribution in [1.29, 1.82) is 0 Å². The summed E-state index contributed by atoms with van der Waals surface area (Å²) in [5.74, 6) is 0.880. The summed E-state index contributed by atoms with van der Waals surface area (Å²) in [6.45, 7) is 2.15. The molecule has 21 heavy (non-hydrogen) atoms. The van der Waals surface area contributed by atoms with Crippen LogP contribution >= 0.6 is 0 Å². The van der Waals surface area contributed by atoms with Gasteiger partial charge >= 0.3 is 0 Å². The molecule has 2 heteroatoms. The van der Waals surface area contributed by atoms with Gasteiger partial charge in [-0.05, 0) is 54.3 Å². The van der Waals surface area contributed by atoms with Crippen LogP contribution in [0.3, 0.4) is 0 Å². The lowest BCUT2D eigenvalue weighted by molar-refractivity contribution is 0.228. The van der Waals surface area contributed by atoms with Crippen LogP contribution in [-0.2, 0) is 6.54 Å². The van der Waals surface area contributed by atoms with Crippen molar-refractivity contribution >= 4 is 16.5 Å². The zero-order valence-electron chi connectivity index (χ0n) is 13.0. The van der Waals surface area contributed by atoms with E-state index in [2.05, 4.69) is 48.3 Å². The van der Waals surface area contributed by atoms with Gasteiger partial charge in [-0.15, -0.1) is 0 Å². The van der Waals surface area contributed by atoms with E-state index in [1.807, 2.05) is 0 Å². The van der Waals surface area contributed by atoms with Crippen LogP contribution < -0.4 is 5.73 Å². The van der Waals surface area contributed by atoms with Gasteiger partial charge in [-0.1, -0.05) is 43.5 Å². The molecule has 2 aromatic rings. The molecule has 0 heterocycles. The Balaban J connectivity index is 1.70. The molecule has 2 N–H and O–H groups in total. The highest BCUT2D eigenvalue weighted by atomic mass is 15.1. The van der Waals surface area contributed by atoms with E-state index in [1.165, 1.54) is 55.0 Å². The topological polar surface area (TPSA) is 29.3 Å². The number of rotatable bonds is 4. The molecule has 0 aromatic heterocycles. The number of hydrogen-bond acceptors (Lipinski definition) is 2. The molecule has 0 bridgehead atoms. The molecule has 1 fully saturated rings. The molecule has 0 aliphatic heterocycles. The molecular weight excluding hydrogens is 256 g/mol. The Hall–Kier alpha value is -1.54. The third kappa shape index (κ3) is 3.56. The maximum absolute atomic E-state index is 6.24. The van der Waals surface area contributed by atoms with Gasteiger partial charge in [0.2, 0.25) is 0 Å². The van der Waals surface area contributed by atoms with Crippen molar-refractivity contribution in [2.75, 3.05) is 19.3 Å². The van der Waals surface area contributed by atoms with E-state index in [-0.39, 0.29) is 0 Å². The van der Waals surface area contributed by atoms with E-state index in [1.54, 1.807) is 0 Å². The van der Waals surface area contributed by atoms with Crippen molar-refractivity contribution < 1.29 is 0 Å². The summed E-state index contributed by atoms with van der Waals surface area (Å²) in [5.41, 5.74) is 8.42. The molecule has 0 atom stereocenters. The van der Waals surface area contributed by atoms with Crippen LogP contribution in [0.2, 0.25) is 0 Å². The van der Waals surface area contributed by atoms with Crippen molar-refractivity contribution in [3.63, 3.8) is 0 Å². The number of nitrogen functional groups attached to an aromatic ring is 1. The van der Waals surface area contributed by atoms with Crippen LogP contribution in [0.15, 0.2) is 36.4 Å². The van der Waals surface area contributed by atoms with E-state index >= 15 is 0 Å². The van der Waals surface area contributed by atoms with Crippen LogP contribution in [-0.4, -0.2) is 18.5 Å². The van der Waals surface area contributed by atoms with E-state index in [0.717, 1.165) is 18.2 Å². The fraction of sp³-hybridized carbons (Fsp3) is 0.474. The fourth-order valence-electron chi connectivity index (χ4n) is 3.61. The number of hydrogen-bond donors (Lipinski definition) is 1. The number of benzene rings is 2. The third-order valence-corrected chi connectivity index (χ3v) is 4.74. The fourth-order valence-corrected chi connectivity index (χ4v) is 3.61. The molecular formula is C19H26N2. The predicted molar refractivity (Wildman–Crippen MR) is 91.3 cm³/mol. The summed E-state index contributed by atoms with van der Waals surface area (Å²) >= 11 is 0. The maximum atomic E-state index is 6.24. The van der Waals surface area contributed by atoms with E-state index < -0.39 is 0 Å². The van der Waals surface area contributed by atoms with Gasteiger partial charge in [0, 0.05) is 18.8 Å². The number of nitrogens with zero attached hydrogens (tertiary/aromatic N) is 1. The van der Waals surface area contributed by atoms with Crippen molar-refractivity contribution in [3.05, 3.63) is 42.0 Å². The highest BCUT2D eigenvalue weighted by Gasteiger charge is 2.16. The van der Waals surface area contributed by atoms with Gasteiger partial charge < -0.3 is 10.6 Å². The van der Waals surface area contributed by atoms with Crippen LogP contribution in [0.25, 0.3) is 10.8 Å². The van der Waals surface area contributed by atoms with Crippen molar-refractivity contribution in [2.24, 2.45) is 5.92 Å². The summed E-state index contributed by atoms with van der Waals surface area (Å²) in [5, 5.41) is 2.52. The summed E-state index contributed by atoms with van der Waals surface area (Å²) in [6, 6.07) is 12.8. The molecule has 0 radical (unpaired) electrons. The summed E-state index contributed by atoms with van der Waals surface area (Å²) < 4.78 is 0. The Labute approximate surface area is 127 Å². The van der Waals surface area contributed by atoms with Gasteiger partial charge in [-0.2, -0.15) is 0 Å². The van der Waals surface area contributed by atoms with Crippen LogP contribution in [0.1, 0.15) is 37.7 Å². The Morgan fingerprint density at radius 1 is 1.05 bits per heavy atom. The van der Waals surface area contributed by atoms with Gasteiger partial charge in [0.25, 0.3) is 0 Å².